The van der Waals surface area contributed by atoms with Crippen molar-refractivity contribution in [1.82, 2.24) is 15.1 Å². The fraction of sp³-hybridized carbons (Fsp3) is 0.909. The van der Waals surface area contributed by atoms with Gasteiger partial charge < -0.3 is 19.9 Å². The van der Waals surface area contributed by atoms with E-state index in [1.54, 1.807) is 26.1 Å². The molecule has 0 aliphatic heterocycles. The highest BCUT2D eigenvalue weighted by molar-refractivity contribution is 5.80. The van der Waals surface area contributed by atoms with Crippen molar-refractivity contribution in [2.45, 2.75) is 13.0 Å². The molecule has 5 nitrogen and oxygen atoms in total. The molecule has 0 saturated carbocycles. The van der Waals surface area contributed by atoms with Gasteiger partial charge in [0.15, 0.2) is 0 Å². The molecule has 1 atom stereocenters. The van der Waals surface area contributed by atoms with Gasteiger partial charge in [-0.05, 0) is 14.0 Å². The van der Waals surface area contributed by atoms with Crippen LogP contribution in [0.3, 0.4) is 0 Å². The molecule has 0 aliphatic carbocycles. The van der Waals surface area contributed by atoms with E-state index < -0.39 is 0 Å². The number of methoxy groups -OCH3 is 1. The third-order valence-corrected chi connectivity index (χ3v) is 2.43. The molecule has 0 saturated heterocycles. The topological polar surface area (TPSA) is 44.8 Å². The normalized spacial score (nSPS) is 12.9. The maximum atomic E-state index is 11.5. The Morgan fingerprint density at radius 1 is 1.31 bits per heavy atom. The van der Waals surface area contributed by atoms with Gasteiger partial charge in [0.25, 0.3) is 0 Å². The third-order valence-electron chi connectivity index (χ3n) is 2.43. The molecule has 0 rings (SSSR count). The number of carbonyl (C=O) groups is 1. The van der Waals surface area contributed by atoms with Gasteiger partial charge in [-0.1, -0.05) is 0 Å². The zero-order valence-corrected chi connectivity index (χ0v) is 11.1. The summed E-state index contributed by atoms with van der Waals surface area (Å²) >= 11 is 0. The number of rotatable bonds is 8. The predicted molar refractivity (Wildman–Crippen MR) is 65.5 cm³/mol. The van der Waals surface area contributed by atoms with Gasteiger partial charge in [-0.2, -0.15) is 0 Å². The molecule has 0 heterocycles. The van der Waals surface area contributed by atoms with Gasteiger partial charge in [0.1, 0.15) is 0 Å². The first-order chi connectivity index (χ1) is 7.49. The van der Waals surface area contributed by atoms with Crippen molar-refractivity contribution in [3.8, 4) is 0 Å². The van der Waals surface area contributed by atoms with Crippen molar-refractivity contribution >= 4 is 5.91 Å². The molecule has 0 aromatic rings. The molecule has 0 aromatic heterocycles. The van der Waals surface area contributed by atoms with Crippen molar-refractivity contribution < 1.29 is 9.53 Å². The number of amides is 1. The van der Waals surface area contributed by atoms with Gasteiger partial charge in [-0.15, -0.1) is 0 Å². The number of hydrogen-bond donors (Lipinski definition) is 1. The summed E-state index contributed by atoms with van der Waals surface area (Å²) in [5.41, 5.74) is 0. The van der Waals surface area contributed by atoms with Crippen LogP contribution in [0.2, 0.25) is 0 Å². The van der Waals surface area contributed by atoms with Crippen LogP contribution in [-0.2, 0) is 9.53 Å². The first-order valence-corrected chi connectivity index (χ1v) is 5.61. The van der Waals surface area contributed by atoms with Gasteiger partial charge >= 0.3 is 0 Å². The van der Waals surface area contributed by atoms with E-state index in [4.69, 9.17) is 4.74 Å². The molecule has 0 radical (unpaired) electrons. The van der Waals surface area contributed by atoms with E-state index in [2.05, 4.69) is 10.2 Å². The molecular formula is C11H25N3O2. The van der Waals surface area contributed by atoms with Crippen LogP contribution in [0.5, 0.6) is 0 Å². The van der Waals surface area contributed by atoms with Gasteiger partial charge in [-0.25, -0.2) is 0 Å². The fourth-order valence-electron chi connectivity index (χ4n) is 1.31. The summed E-state index contributed by atoms with van der Waals surface area (Å²) in [7, 11) is 7.28. The predicted octanol–water partition coefficient (Wildman–Crippen LogP) is -0.369. The molecule has 0 aliphatic rings. The lowest BCUT2D eigenvalue weighted by Crippen LogP contribution is -2.44. The molecule has 1 unspecified atom stereocenters. The maximum Gasteiger partial charge on any atom is 0.238 e. The fourth-order valence-corrected chi connectivity index (χ4v) is 1.31. The first-order valence-electron chi connectivity index (χ1n) is 5.61. The Morgan fingerprint density at radius 2 is 1.94 bits per heavy atom. The largest absolute Gasteiger partial charge is 0.383 e. The Kier molecular flexibility index (Phi) is 8.15. The first kappa shape index (κ1) is 15.3. The van der Waals surface area contributed by atoms with Crippen molar-refractivity contribution in [3.63, 3.8) is 0 Å². The molecule has 5 heteroatoms. The van der Waals surface area contributed by atoms with Crippen molar-refractivity contribution in [1.29, 1.82) is 0 Å². The van der Waals surface area contributed by atoms with E-state index in [0.29, 0.717) is 0 Å². The number of likely N-dealkylation sites (N-methyl/N-ethyl adjacent to an activating group) is 2. The lowest BCUT2D eigenvalue weighted by atomic mass is 10.3. The van der Waals surface area contributed by atoms with Crippen molar-refractivity contribution in [3.05, 3.63) is 0 Å². The average molecular weight is 231 g/mol. The van der Waals surface area contributed by atoms with Crippen LogP contribution < -0.4 is 5.32 Å². The van der Waals surface area contributed by atoms with E-state index in [9.17, 15) is 4.79 Å². The van der Waals surface area contributed by atoms with Crippen LogP contribution in [0.4, 0.5) is 0 Å². The van der Waals surface area contributed by atoms with E-state index >= 15 is 0 Å². The van der Waals surface area contributed by atoms with Crippen LogP contribution in [0.15, 0.2) is 0 Å². The van der Waals surface area contributed by atoms with E-state index in [1.807, 2.05) is 14.0 Å². The van der Waals surface area contributed by atoms with Crippen LogP contribution >= 0.6 is 0 Å². The number of ether oxygens (including phenoxy) is 1. The molecular weight excluding hydrogens is 206 g/mol. The van der Waals surface area contributed by atoms with Crippen LogP contribution in [-0.4, -0.2) is 76.2 Å². The van der Waals surface area contributed by atoms with Crippen LogP contribution in [0.1, 0.15) is 6.92 Å². The van der Waals surface area contributed by atoms with Crippen molar-refractivity contribution in [2.75, 3.05) is 54.5 Å². The molecule has 96 valence electrons. The molecule has 1 N–H and O–H groups in total. The summed E-state index contributed by atoms with van der Waals surface area (Å²) in [6.07, 6.45) is 0. The quantitative estimate of drug-likeness (QED) is 0.619. The Labute approximate surface area is 98.7 Å². The highest BCUT2D eigenvalue weighted by atomic mass is 16.5. The van der Waals surface area contributed by atoms with Gasteiger partial charge in [-0.3, -0.25) is 4.79 Å². The number of carbonyl (C=O) groups excluding carboxylic acids is 1. The lowest BCUT2D eigenvalue weighted by molar-refractivity contribution is -0.130. The van der Waals surface area contributed by atoms with E-state index in [-0.39, 0.29) is 11.9 Å². The second-order valence-corrected chi connectivity index (χ2v) is 4.20. The second-order valence-electron chi connectivity index (χ2n) is 4.20. The van der Waals surface area contributed by atoms with Crippen LogP contribution in [0.25, 0.3) is 0 Å². The van der Waals surface area contributed by atoms with Gasteiger partial charge in [0.05, 0.1) is 12.6 Å². The zero-order valence-electron chi connectivity index (χ0n) is 11.1. The third kappa shape index (κ3) is 6.76. The SMILES string of the molecule is COCCN(C)CCNC(C)C(=O)N(C)C. The Bertz CT molecular complexity index is 198. The monoisotopic (exact) mass is 231 g/mol. The minimum Gasteiger partial charge on any atom is -0.383 e. The maximum absolute atomic E-state index is 11.5. The van der Waals surface area contributed by atoms with E-state index in [0.717, 1.165) is 26.2 Å². The molecule has 0 bridgehead atoms. The summed E-state index contributed by atoms with van der Waals surface area (Å²) in [4.78, 5) is 15.3. The summed E-state index contributed by atoms with van der Waals surface area (Å²) in [5.74, 6) is 0.111. The smallest absolute Gasteiger partial charge is 0.238 e. The van der Waals surface area contributed by atoms with E-state index in [1.165, 1.54) is 0 Å². The molecule has 16 heavy (non-hydrogen) atoms. The summed E-state index contributed by atoms with van der Waals surface area (Å²) in [5, 5.41) is 3.20. The minimum absolute atomic E-state index is 0.111. The number of hydrogen-bond acceptors (Lipinski definition) is 4. The van der Waals surface area contributed by atoms with Crippen LogP contribution in [0, 0.1) is 0 Å². The summed E-state index contributed by atoms with van der Waals surface area (Å²) in [6.45, 7) is 5.25. The standard InChI is InChI=1S/C11H25N3O2/c1-10(11(15)13(2)3)12-6-7-14(4)8-9-16-5/h10,12H,6-9H2,1-5H3. The number of nitrogens with zero attached hydrogens (tertiary/aromatic N) is 2. The van der Waals surface area contributed by atoms with Gasteiger partial charge in [0, 0.05) is 40.8 Å². The molecule has 1 amide bonds. The molecule has 0 spiro atoms. The summed E-state index contributed by atoms with van der Waals surface area (Å²) < 4.78 is 4.99. The zero-order chi connectivity index (χ0) is 12.6. The molecule has 0 fully saturated rings. The lowest BCUT2D eigenvalue weighted by Gasteiger charge is -2.20. The highest BCUT2D eigenvalue weighted by Gasteiger charge is 2.13. The minimum atomic E-state index is -0.120. The summed E-state index contributed by atoms with van der Waals surface area (Å²) in [6, 6.07) is -0.120. The highest BCUT2D eigenvalue weighted by Crippen LogP contribution is 1.88. The average Bonchev–Trinajstić information content (AvgIpc) is 2.24. The number of nitrogens with one attached hydrogen (secondary N) is 1. The Hall–Kier alpha value is -0.650. The van der Waals surface area contributed by atoms with Gasteiger partial charge in [0.2, 0.25) is 5.91 Å². The second kappa shape index (κ2) is 8.50. The Morgan fingerprint density at radius 3 is 2.44 bits per heavy atom. The Balaban J connectivity index is 3.61. The molecule has 0 aromatic carbocycles. The van der Waals surface area contributed by atoms with Crippen molar-refractivity contribution in [2.24, 2.45) is 0 Å².